The summed E-state index contributed by atoms with van der Waals surface area (Å²) in [5, 5.41) is 10.5. The van der Waals surface area contributed by atoms with Crippen molar-refractivity contribution >= 4 is 0 Å². The van der Waals surface area contributed by atoms with E-state index in [2.05, 4.69) is 66.0 Å². The van der Waals surface area contributed by atoms with Crippen LogP contribution in [-0.4, -0.2) is 5.11 Å². The number of hydrogen-bond donors (Lipinski definition) is 1. The monoisotopic (exact) mass is 274 g/mol. The minimum Gasteiger partial charge on any atom is -0.507 e. The Labute approximate surface area is 125 Å². The predicted molar refractivity (Wildman–Crippen MR) is 89.7 cm³/mol. The maximum Gasteiger partial charge on any atom is 0.122 e. The van der Waals surface area contributed by atoms with Gasteiger partial charge < -0.3 is 5.11 Å². The molecule has 112 valence electrons. The Kier molecular flexibility index (Phi) is 5.86. The molecule has 0 unspecified atom stereocenters. The summed E-state index contributed by atoms with van der Waals surface area (Å²) >= 11 is 0. The Hall–Kier alpha value is -1.46. The number of allylic oxidation sites excluding steroid dienone is 1. The molecule has 0 aromatic heterocycles. The lowest BCUT2D eigenvalue weighted by Crippen LogP contribution is -2.17. The van der Waals surface area contributed by atoms with Crippen molar-refractivity contribution in [3.63, 3.8) is 0 Å². The standard InChI is InChI=1S/C18H26O.CH4/c1-8-9-10-13-11-14(17(2,3)4)12-15(16(13)19)18(5,6)7;/h9,11-12,19H,1,10H2,2-7H3;1H4. The van der Waals surface area contributed by atoms with E-state index in [0.29, 0.717) is 12.2 Å². The van der Waals surface area contributed by atoms with Gasteiger partial charge >= 0.3 is 0 Å². The molecular weight excluding hydrogens is 244 g/mol. The van der Waals surface area contributed by atoms with Crippen molar-refractivity contribution in [2.24, 2.45) is 0 Å². The number of aromatic hydroxyl groups is 1. The summed E-state index contributed by atoms with van der Waals surface area (Å²) in [6.45, 7) is 16.5. The van der Waals surface area contributed by atoms with Crippen LogP contribution in [0.25, 0.3) is 0 Å². The molecule has 1 N–H and O–H groups in total. The molecule has 1 aromatic rings. The summed E-state index contributed by atoms with van der Waals surface area (Å²) < 4.78 is 0. The summed E-state index contributed by atoms with van der Waals surface area (Å²) in [5.74, 6) is 0.409. The first-order chi connectivity index (χ1) is 8.57. The molecule has 1 nitrogen and oxygen atoms in total. The summed E-state index contributed by atoms with van der Waals surface area (Å²) in [6.07, 6.45) is 2.52. The Bertz CT molecular complexity index is 504. The van der Waals surface area contributed by atoms with Gasteiger partial charge in [-0.3, -0.25) is 0 Å². The molecule has 0 atom stereocenters. The normalized spacial score (nSPS) is 11.5. The molecule has 0 fully saturated rings. The van der Waals surface area contributed by atoms with Crippen LogP contribution in [0.15, 0.2) is 30.5 Å². The quantitative estimate of drug-likeness (QED) is 0.705. The molecule has 0 heterocycles. The van der Waals surface area contributed by atoms with E-state index >= 15 is 0 Å². The van der Waals surface area contributed by atoms with Crippen LogP contribution >= 0.6 is 0 Å². The predicted octanol–water partition coefficient (Wildman–Crippen LogP) is 5.51. The lowest BCUT2D eigenvalue weighted by Gasteiger charge is -2.27. The number of benzene rings is 1. The maximum atomic E-state index is 10.5. The van der Waals surface area contributed by atoms with Crippen LogP contribution in [0.4, 0.5) is 0 Å². The Morgan fingerprint density at radius 1 is 1.10 bits per heavy atom. The topological polar surface area (TPSA) is 20.2 Å². The molecule has 1 heteroatoms. The first-order valence-corrected chi connectivity index (χ1v) is 6.78. The molecule has 0 saturated heterocycles. The van der Waals surface area contributed by atoms with Gasteiger partial charge in [0.25, 0.3) is 0 Å². The van der Waals surface area contributed by atoms with Gasteiger partial charge in [0.1, 0.15) is 5.75 Å². The molecule has 0 radical (unpaired) electrons. The first-order valence-electron chi connectivity index (χ1n) is 6.78. The fourth-order valence-corrected chi connectivity index (χ4v) is 2.04. The zero-order valence-electron chi connectivity index (χ0n) is 13.1. The van der Waals surface area contributed by atoms with Crippen LogP contribution in [-0.2, 0) is 17.3 Å². The molecule has 0 spiro atoms. The van der Waals surface area contributed by atoms with E-state index in [-0.39, 0.29) is 18.3 Å². The first kappa shape index (κ1) is 18.5. The van der Waals surface area contributed by atoms with Gasteiger partial charge in [-0.15, -0.1) is 5.73 Å². The highest BCUT2D eigenvalue weighted by atomic mass is 16.3. The van der Waals surface area contributed by atoms with Gasteiger partial charge in [-0.2, -0.15) is 0 Å². The van der Waals surface area contributed by atoms with Crippen LogP contribution in [0, 0.1) is 0 Å². The smallest absolute Gasteiger partial charge is 0.122 e. The van der Waals surface area contributed by atoms with Crippen molar-refractivity contribution < 1.29 is 5.11 Å². The molecule has 0 aliphatic carbocycles. The highest BCUT2D eigenvalue weighted by Crippen LogP contribution is 2.37. The van der Waals surface area contributed by atoms with Crippen molar-refractivity contribution in [2.75, 3.05) is 0 Å². The van der Waals surface area contributed by atoms with Gasteiger partial charge in [-0.25, -0.2) is 0 Å². The zero-order chi connectivity index (χ0) is 14.8. The fourth-order valence-electron chi connectivity index (χ4n) is 2.04. The minimum absolute atomic E-state index is 0. The van der Waals surface area contributed by atoms with E-state index in [1.165, 1.54) is 5.56 Å². The molecule has 0 bridgehead atoms. The molecular formula is C19H30O. The fraction of sp³-hybridized carbons (Fsp3) is 0.526. The number of rotatable bonds is 2. The Morgan fingerprint density at radius 3 is 2.05 bits per heavy atom. The number of hydrogen-bond acceptors (Lipinski definition) is 1. The van der Waals surface area contributed by atoms with Gasteiger partial charge in [-0.1, -0.05) is 67.7 Å². The van der Waals surface area contributed by atoms with Gasteiger partial charge in [0.2, 0.25) is 0 Å². The van der Waals surface area contributed by atoms with Crippen LogP contribution < -0.4 is 0 Å². The maximum absolute atomic E-state index is 10.5. The van der Waals surface area contributed by atoms with Gasteiger partial charge in [0.15, 0.2) is 0 Å². The third-order valence-electron chi connectivity index (χ3n) is 3.33. The number of phenolic OH excluding ortho intramolecular Hbond substituents is 1. The molecule has 0 amide bonds. The summed E-state index contributed by atoms with van der Waals surface area (Å²) in [7, 11) is 0. The molecule has 1 rings (SSSR count). The highest BCUT2D eigenvalue weighted by molar-refractivity contribution is 5.49. The van der Waals surface area contributed by atoms with Crippen LogP contribution in [0.3, 0.4) is 0 Å². The van der Waals surface area contributed by atoms with Crippen LogP contribution in [0.1, 0.15) is 65.7 Å². The van der Waals surface area contributed by atoms with Crippen LogP contribution in [0.2, 0.25) is 0 Å². The van der Waals surface area contributed by atoms with E-state index in [0.717, 1.165) is 11.1 Å². The van der Waals surface area contributed by atoms with E-state index in [4.69, 9.17) is 0 Å². The number of phenols is 1. The van der Waals surface area contributed by atoms with E-state index < -0.39 is 0 Å². The summed E-state index contributed by atoms with van der Waals surface area (Å²) in [5.41, 5.74) is 5.98. The largest absolute Gasteiger partial charge is 0.507 e. The van der Waals surface area contributed by atoms with Gasteiger partial charge in [0.05, 0.1) is 0 Å². The van der Waals surface area contributed by atoms with E-state index in [9.17, 15) is 5.11 Å². The second-order valence-corrected chi connectivity index (χ2v) is 7.14. The van der Waals surface area contributed by atoms with E-state index in [1.807, 2.05) is 6.08 Å². The van der Waals surface area contributed by atoms with E-state index in [1.54, 1.807) is 0 Å². The molecule has 0 saturated carbocycles. The second kappa shape index (κ2) is 6.33. The average Bonchev–Trinajstić information content (AvgIpc) is 2.24. The summed E-state index contributed by atoms with van der Waals surface area (Å²) in [6, 6.07) is 4.23. The lowest BCUT2D eigenvalue weighted by atomic mass is 9.78. The molecule has 0 aliphatic heterocycles. The summed E-state index contributed by atoms with van der Waals surface area (Å²) in [4.78, 5) is 0. The van der Waals surface area contributed by atoms with Crippen molar-refractivity contribution in [2.45, 2.75) is 66.2 Å². The van der Waals surface area contributed by atoms with Crippen molar-refractivity contribution in [3.05, 3.63) is 47.2 Å². The van der Waals surface area contributed by atoms with Crippen LogP contribution in [0.5, 0.6) is 5.75 Å². The SMILES string of the molecule is C.C=C=CCc1cc(C(C)(C)C)cc(C(C)(C)C)c1O. The molecule has 0 aliphatic rings. The Morgan fingerprint density at radius 2 is 1.65 bits per heavy atom. The highest BCUT2D eigenvalue weighted by Gasteiger charge is 2.24. The Balaban J connectivity index is 0.00000361. The third-order valence-corrected chi connectivity index (χ3v) is 3.33. The lowest BCUT2D eigenvalue weighted by molar-refractivity contribution is 0.439. The second-order valence-electron chi connectivity index (χ2n) is 7.14. The zero-order valence-corrected chi connectivity index (χ0v) is 13.1. The average molecular weight is 274 g/mol. The van der Waals surface area contributed by atoms with Crippen molar-refractivity contribution in [3.8, 4) is 5.75 Å². The molecule has 20 heavy (non-hydrogen) atoms. The van der Waals surface area contributed by atoms with Gasteiger partial charge in [0, 0.05) is 6.42 Å². The molecule has 1 aromatic carbocycles. The minimum atomic E-state index is -0.0714. The van der Waals surface area contributed by atoms with Crippen molar-refractivity contribution in [1.29, 1.82) is 0 Å². The van der Waals surface area contributed by atoms with Crippen molar-refractivity contribution in [1.82, 2.24) is 0 Å². The third kappa shape index (κ3) is 4.28. The van der Waals surface area contributed by atoms with Gasteiger partial charge in [-0.05, 0) is 33.6 Å².